The molecule has 296 valence electrons. The summed E-state index contributed by atoms with van der Waals surface area (Å²) in [6.45, 7) is 10.8. The lowest BCUT2D eigenvalue weighted by Crippen LogP contribution is -2.64. The van der Waals surface area contributed by atoms with Gasteiger partial charge >= 0.3 is 0 Å². The van der Waals surface area contributed by atoms with Gasteiger partial charge in [0.05, 0.1) is 12.2 Å². The molecule has 5 aliphatic rings. The van der Waals surface area contributed by atoms with Crippen molar-refractivity contribution in [3.8, 4) is 22.6 Å². The molecular formula is C45H51N7O5. The second-order valence-corrected chi connectivity index (χ2v) is 17.3. The molecule has 5 N–H and O–H groups in total. The zero-order valence-electron chi connectivity index (χ0n) is 33.2. The van der Waals surface area contributed by atoms with Gasteiger partial charge < -0.3 is 39.9 Å². The molecule has 2 bridgehead atoms. The number of ether oxygens (including phenoxy) is 1. The number of aromatic amines is 1. The minimum absolute atomic E-state index is 0.0858. The van der Waals surface area contributed by atoms with Gasteiger partial charge in [0.25, 0.3) is 11.5 Å². The normalized spacial score (nSPS) is 25.7. The predicted octanol–water partition coefficient (Wildman–Crippen LogP) is 4.93. The average molecular weight is 770 g/mol. The summed E-state index contributed by atoms with van der Waals surface area (Å²) in [6.07, 6.45) is 12.7. The van der Waals surface area contributed by atoms with Gasteiger partial charge in [0.15, 0.2) is 11.5 Å². The van der Waals surface area contributed by atoms with Gasteiger partial charge in [-0.3, -0.25) is 14.3 Å². The molecule has 7 heterocycles. The summed E-state index contributed by atoms with van der Waals surface area (Å²) in [5.41, 5.74) is 9.85. The van der Waals surface area contributed by atoms with Crippen LogP contribution in [-0.2, 0) is 18.4 Å². The Morgan fingerprint density at radius 2 is 1.91 bits per heavy atom. The van der Waals surface area contributed by atoms with Crippen LogP contribution in [0, 0.1) is 26.7 Å². The zero-order chi connectivity index (χ0) is 39.5. The first-order chi connectivity index (χ1) is 27.4. The third-order valence-electron chi connectivity index (χ3n) is 14.2. The highest BCUT2D eigenvalue weighted by Crippen LogP contribution is 2.63. The van der Waals surface area contributed by atoms with E-state index < -0.39 is 17.6 Å². The largest absolute Gasteiger partial charge is 0.504 e. The number of hydrogen-bond donors (Lipinski definition) is 5. The number of aromatic hydroxyl groups is 1. The van der Waals surface area contributed by atoms with Crippen LogP contribution in [-0.4, -0.2) is 85.1 Å². The summed E-state index contributed by atoms with van der Waals surface area (Å²) < 4.78 is 10.8. The highest BCUT2D eigenvalue weighted by Gasteiger charge is 2.64. The van der Waals surface area contributed by atoms with Crippen molar-refractivity contribution in [3.05, 3.63) is 116 Å². The molecule has 2 aliphatic carbocycles. The second kappa shape index (κ2) is 13.2. The summed E-state index contributed by atoms with van der Waals surface area (Å²) in [5, 5.41) is 34.4. The topological polar surface area (TPSA) is 149 Å². The lowest BCUT2D eigenvalue weighted by molar-refractivity contribution is -0.0454. The number of aryl methyl sites for hydroxylation is 2. The number of carbonyl (C=O) groups is 1. The van der Waals surface area contributed by atoms with Crippen LogP contribution in [0.4, 0.5) is 0 Å². The third-order valence-corrected chi connectivity index (χ3v) is 14.2. The molecule has 0 radical (unpaired) electrons. The number of phenolic OH excluding ortho intramolecular Hbond substituents is 1. The minimum atomic E-state index is -0.766. The standard InChI is InChI=1S/C45H51N7O5/c1-23-14-24(2)49-44(56)34(23)20-47-43(55)32-16-30-15-27(28-19-48-52(22-28)29-8-11-46-12-9-29)21-51(30)40(26(32)4)25(3)31-18-38(54)41-39-33(31)17-36-35-6-7-37(53)42(57-41)45(35,39)10-13-50(36)5/h6-7,14-16,18-19,21-22,25,29,35-37,42,46,53-54H,8-13,17,20H2,1-5H3,(H,47,55)(H,49,56)/t25?,35-,36+,37-,42-,45-/m0/s1. The molecule has 3 aliphatic heterocycles. The maximum Gasteiger partial charge on any atom is 0.253 e. The molecule has 57 heavy (non-hydrogen) atoms. The van der Waals surface area contributed by atoms with E-state index in [1.807, 2.05) is 51.2 Å². The number of aromatic nitrogens is 4. The molecule has 1 aromatic carbocycles. The molecule has 2 saturated heterocycles. The number of phenols is 1. The van der Waals surface area contributed by atoms with Crippen LogP contribution in [0.1, 0.15) is 93.3 Å². The molecule has 2 fully saturated rings. The Hall–Kier alpha value is -5.17. The van der Waals surface area contributed by atoms with Gasteiger partial charge in [-0.05, 0) is 120 Å². The number of benzene rings is 1. The molecule has 12 nitrogen and oxygen atoms in total. The fraction of sp³-hybridized carbons (Fsp3) is 0.444. The SMILES string of the molecule is Cc1cc(C)c(CNC(=O)c2cc3cc(-c4cnn(C5CCNCC5)c4)cn3c(C(C)c3cc(O)c4c5c3C[C@@H]3[C@@H]6C=C[C@H](O)[C@H](O4)[C@]56CCN3C)c2C)c(=O)[nH]1. The van der Waals surface area contributed by atoms with E-state index in [4.69, 9.17) is 9.84 Å². The highest BCUT2D eigenvalue weighted by atomic mass is 16.5. The number of likely N-dealkylation sites (tertiary alicyclic amines) is 1. The Bertz CT molecular complexity index is 2560. The first kappa shape index (κ1) is 36.2. The third kappa shape index (κ3) is 5.40. The van der Waals surface area contributed by atoms with Gasteiger partial charge in [0.1, 0.15) is 12.2 Å². The number of aliphatic hydroxyl groups is 1. The number of hydrogen-bond acceptors (Lipinski definition) is 8. The van der Waals surface area contributed by atoms with Crippen LogP contribution in [0.25, 0.3) is 16.6 Å². The Labute approximate surface area is 331 Å². The van der Waals surface area contributed by atoms with E-state index >= 15 is 0 Å². The van der Waals surface area contributed by atoms with E-state index in [2.05, 4.69) is 68.1 Å². The van der Waals surface area contributed by atoms with Crippen LogP contribution in [0.3, 0.4) is 0 Å². The van der Waals surface area contributed by atoms with Crippen molar-refractivity contribution in [1.29, 1.82) is 0 Å². The number of piperidine rings is 2. The fourth-order valence-corrected chi connectivity index (χ4v) is 11.3. The van der Waals surface area contributed by atoms with Crippen molar-refractivity contribution < 1.29 is 19.7 Å². The summed E-state index contributed by atoms with van der Waals surface area (Å²) in [4.78, 5) is 32.5. The average Bonchev–Trinajstić information content (AvgIpc) is 3.93. The van der Waals surface area contributed by atoms with Crippen molar-refractivity contribution in [2.75, 3.05) is 26.7 Å². The number of likely N-dealkylation sites (N-methyl/N-ethyl adjacent to an activating group) is 1. The van der Waals surface area contributed by atoms with E-state index in [1.165, 1.54) is 5.56 Å². The summed E-state index contributed by atoms with van der Waals surface area (Å²) in [6, 6.07) is 8.39. The number of nitrogens with zero attached hydrogens (tertiary/aromatic N) is 4. The first-order valence-corrected chi connectivity index (χ1v) is 20.5. The first-order valence-electron chi connectivity index (χ1n) is 20.5. The van der Waals surface area contributed by atoms with E-state index in [1.54, 1.807) is 0 Å². The molecule has 0 saturated carbocycles. The molecule has 1 unspecified atom stereocenters. The fourth-order valence-electron chi connectivity index (χ4n) is 11.3. The molecule has 1 amide bonds. The van der Waals surface area contributed by atoms with Gasteiger partial charge in [-0.1, -0.05) is 19.1 Å². The maximum absolute atomic E-state index is 14.3. The van der Waals surface area contributed by atoms with Crippen molar-refractivity contribution in [1.82, 2.24) is 34.7 Å². The molecule has 6 atom stereocenters. The van der Waals surface area contributed by atoms with Crippen LogP contribution in [0.5, 0.6) is 11.5 Å². The smallest absolute Gasteiger partial charge is 0.253 e. The number of rotatable bonds is 7. The van der Waals surface area contributed by atoms with Gasteiger partial charge in [0, 0.05) is 87.0 Å². The number of amides is 1. The molecule has 12 heteroatoms. The maximum atomic E-state index is 14.3. The number of fused-ring (bicyclic) bond motifs is 1. The second-order valence-electron chi connectivity index (χ2n) is 17.3. The minimum Gasteiger partial charge on any atom is -0.504 e. The Morgan fingerprint density at radius 3 is 2.70 bits per heavy atom. The Balaban J connectivity index is 1.11. The molecular weight excluding hydrogens is 719 g/mol. The monoisotopic (exact) mass is 769 g/mol. The van der Waals surface area contributed by atoms with Crippen LogP contribution >= 0.6 is 0 Å². The van der Waals surface area contributed by atoms with E-state index in [0.29, 0.717) is 22.9 Å². The molecule has 10 rings (SSSR count). The quantitative estimate of drug-likeness (QED) is 0.146. The number of carbonyl (C=O) groups excluding carboxylic acids is 1. The van der Waals surface area contributed by atoms with E-state index in [0.717, 1.165) is 95.6 Å². The summed E-state index contributed by atoms with van der Waals surface area (Å²) in [7, 11) is 2.19. The van der Waals surface area contributed by atoms with Gasteiger partial charge in [-0.2, -0.15) is 5.10 Å². The van der Waals surface area contributed by atoms with Gasteiger partial charge in [-0.25, -0.2) is 0 Å². The van der Waals surface area contributed by atoms with Crippen molar-refractivity contribution in [2.24, 2.45) is 5.92 Å². The molecule has 5 aromatic rings. The number of pyridine rings is 2. The van der Waals surface area contributed by atoms with Crippen molar-refractivity contribution in [2.45, 2.75) is 95.5 Å². The number of nitrogens with one attached hydrogen (secondary N) is 3. The van der Waals surface area contributed by atoms with Crippen molar-refractivity contribution >= 4 is 11.4 Å². The van der Waals surface area contributed by atoms with Crippen LogP contribution in [0.2, 0.25) is 0 Å². The predicted molar refractivity (Wildman–Crippen MR) is 217 cm³/mol. The van der Waals surface area contributed by atoms with Crippen molar-refractivity contribution in [3.63, 3.8) is 0 Å². The Kier molecular flexibility index (Phi) is 8.37. The zero-order valence-corrected chi connectivity index (χ0v) is 33.2. The van der Waals surface area contributed by atoms with Crippen LogP contribution in [0.15, 0.2) is 59.8 Å². The van der Waals surface area contributed by atoms with Gasteiger partial charge in [0.2, 0.25) is 0 Å². The lowest BCUT2D eigenvalue weighted by Gasteiger charge is -2.56. The molecule has 4 aromatic heterocycles. The lowest BCUT2D eigenvalue weighted by atomic mass is 9.52. The van der Waals surface area contributed by atoms with E-state index in [-0.39, 0.29) is 41.6 Å². The summed E-state index contributed by atoms with van der Waals surface area (Å²) in [5.74, 6) is 0.230. The Morgan fingerprint density at radius 1 is 1.11 bits per heavy atom. The number of H-pyrrole nitrogens is 1. The van der Waals surface area contributed by atoms with E-state index in [9.17, 15) is 19.8 Å². The number of aliphatic hydroxyl groups excluding tert-OH is 1. The van der Waals surface area contributed by atoms with Crippen LogP contribution < -0.4 is 20.9 Å². The summed E-state index contributed by atoms with van der Waals surface area (Å²) >= 11 is 0. The molecule has 1 spiro atoms. The highest BCUT2D eigenvalue weighted by molar-refractivity contribution is 5.97. The van der Waals surface area contributed by atoms with Gasteiger partial charge in [-0.15, -0.1) is 0 Å².